The third-order valence-electron chi connectivity index (χ3n) is 3.10. The molecule has 0 bridgehead atoms. The van der Waals surface area contributed by atoms with E-state index in [1.54, 1.807) is 46.5 Å². The molecule has 0 heterocycles. The van der Waals surface area contributed by atoms with Gasteiger partial charge in [0.25, 0.3) is 0 Å². The van der Waals surface area contributed by atoms with E-state index in [0.29, 0.717) is 17.1 Å². The molecular weight excluding hydrogens is 220 g/mol. The molecular formula is C13H20O4. The highest BCUT2D eigenvalue weighted by Crippen LogP contribution is 2.35. The van der Waals surface area contributed by atoms with Crippen LogP contribution in [0.3, 0.4) is 0 Å². The number of hydrogen-bond acceptors (Lipinski definition) is 4. The third kappa shape index (κ3) is 2.70. The second-order valence-electron chi connectivity index (χ2n) is 4.09. The molecule has 0 spiro atoms. The van der Waals surface area contributed by atoms with Gasteiger partial charge in [-0.1, -0.05) is 0 Å². The molecule has 1 N–H and O–H groups in total. The van der Waals surface area contributed by atoms with Gasteiger partial charge in [-0.3, -0.25) is 0 Å². The Balaban J connectivity index is 3.21. The number of rotatable bonds is 5. The van der Waals surface area contributed by atoms with Crippen molar-refractivity contribution < 1.29 is 19.3 Å². The molecule has 0 aliphatic heterocycles. The molecule has 0 fully saturated rings. The van der Waals surface area contributed by atoms with Gasteiger partial charge < -0.3 is 19.3 Å². The quantitative estimate of drug-likeness (QED) is 0.854. The lowest BCUT2D eigenvalue weighted by molar-refractivity contribution is -0.0782. The maximum absolute atomic E-state index is 10.5. The van der Waals surface area contributed by atoms with Gasteiger partial charge >= 0.3 is 0 Å². The minimum absolute atomic E-state index is 0.343. The van der Waals surface area contributed by atoms with Crippen LogP contribution in [0.4, 0.5) is 0 Å². The lowest BCUT2D eigenvalue weighted by atomic mass is 9.90. The van der Waals surface area contributed by atoms with E-state index in [-0.39, 0.29) is 6.10 Å². The molecule has 1 rings (SSSR count). The Bertz CT molecular complexity index is 374. The first-order valence-electron chi connectivity index (χ1n) is 5.45. The maximum Gasteiger partial charge on any atom is 0.128 e. The van der Waals surface area contributed by atoms with Crippen molar-refractivity contribution in [3.63, 3.8) is 0 Å². The van der Waals surface area contributed by atoms with Crippen LogP contribution in [0.1, 0.15) is 19.4 Å². The summed E-state index contributed by atoms with van der Waals surface area (Å²) >= 11 is 0. The van der Waals surface area contributed by atoms with Gasteiger partial charge in [0.05, 0.1) is 20.3 Å². The van der Waals surface area contributed by atoms with Crippen molar-refractivity contribution in [3.05, 3.63) is 23.8 Å². The zero-order valence-corrected chi connectivity index (χ0v) is 11.0. The van der Waals surface area contributed by atoms with Crippen molar-refractivity contribution in [2.45, 2.75) is 25.6 Å². The van der Waals surface area contributed by atoms with E-state index < -0.39 is 5.60 Å². The van der Waals surface area contributed by atoms with E-state index in [4.69, 9.17) is 14.2 Å². The van der Waals surface area contributed by atoms with Gasteiger partial charge in [-0.15, -0.1) is 0 Å². The first kappa shape index (κ1) is 13.8. The molecule has 96 valence electrons. The highest BCUT2D eigenvalue weighted by atomic mass is 16.5. The van der Waals surface area contributed by atoms with Gasteiger partial charge in [-0.25, -0.2) is 0 Å². The molecule has 0 aliphatic carbocycles. The maximum atomic E-state index is 10.5. The zero-order chi connectivity index (χ0) is 13.1. The number of ether oxygens (including phenoxy) is 3. The van der Waals surface area contributed by atoms with Crippen molar-refractivity contribution in [3.8, 4) is 11.5 Å². The molecule has 4 nitrogen and oxygen atoms in total. The van der Waals surface area contributed by atoms with Crippen LogP contribution in [0.5, 0.6) is 11.5 Å². The van der Waals surface area contributed by atoms with Crippen molar-refractivity contribution in [1.82, 2.24) is 0 Å². The van der Waals surface area contributed by atoms with Gasteiger partial charge in [-0.2, -0.15) is 0 Å². The fourth-order valence-corrected chi connectivity index (χ4v) is 1.67. The van der Waals surface area contributed by atoms with Gasteiger partial charge in [0.2, 0.25) is 0 Å². The number of methoxy groups -OCH3 is 3. The molecule has 0 radical (unpaired) electrons. The standard InChI is InChI=1S/C13H20O4/c1-9(15-3)13(2,14)11-7-6-10(16-4)8-12(11)17-5/h6-9,14H,1-5H3. The summed E-state index contributed by atoms with van der Waals surface area (Å²) in [7, 11) is 4.71. The van der Waals surface area contributed by atoms with Gasteiger partial charge in [0.1, 0.15) is 17.1 Å². The van der Waals surface area contributed by atoms with E-state index in [9.17, 15) is 5.11 Å². The second kappa shape index (κ2) is 5.38. The molecule has 0 aromatic heterocycles. The van der Waals surface area contributed by atoms with Gasteiger partial charge in [-0.05, 0) is 26.0 Å². The van der Waals surface area contributed by atoms with E-state index in [2.05, 4.69) is 0 Å². The molecule has 4 heteroatoms. The van der Waals surface area contributed by atoms with Crippen molar-refractivity contribution in [1.29, 1.82) is 0 Å². The van der Waals surface area contributed by atoms with E-state index in [0.717, 1.165) is 0 Å². The molecule has 1 aromatic carbocycles. The Morgan fingerprint density at radius 2 is 1.82 bits per heavy atom. The fourth-order valence-electron chi connectivity index (χ4n) is 1.67. The highest BCUT2D eigenvalue weighted by molar-refractivity contribution is 5.44. The van der Waals surface area contributed by atoms with Crippen molar-refractivity contribution in [2.24, 2.45) is 0 Å². The molecule has 0 aliphatic rings. The van der Waals surface area contributed by atoms with Crippen LogP contribution in [-0.4, -0.2) is 32.5 Å². The van der Waals surface area contributed by atoms with Crippen molar-refractivity contribution in [2.75, 3.05) is 21.3 Å². The summed E-state index contributed by atoms with van der Waals surface area (Å²) in [6.07, 6.45) is -0.343. The van der Waals surface area contributed by atoms with Gasteiger partial charge in [0, 0.05) is 18.7 Å². The summed E-state index contributed by atoms with van der Waals surface area (Å²) in [5, 5.41) is 10.5. The van der Waals surface area contributed by atoms with Crippen LogP contribution < -0.4 is 9.47 Å². The van der Waals surface area contributed by atoms with Crippen LogP contribution in [0.15, 0.2) is 18.2 Å². The summed E-state index contributed by atoms with van der Waals surface area (Å²) in [4.78, 5) is 0. The summed E-state index contributed by atoms with van der Waals surface area (Å²) < 4.78 is 15.6. The fraction of sp³-hybridized carbons (Fsp3) is 0.538. The topological polar surface area (TPSA) is 47.9 Å². The highest BCUT2D eigenvalue weighted by Gasteiger charge is 2.33. The summed E-state index contributed by atoms with van der Waals surface area (Å²) in [6, 6.07) is 5.31. The molecule has 0 saturated carbocycles. The normalized spacial score (nSPS) is 16.1. The SMILES string of the molecule is COc1ccc(C(C)(O)C(C)OC)c(OC)c1. The Labute approximate surface area is 102 Å². The molecule has 0 amide bonds. The van der Waals surface area contributed by atoms with Gasteiger partial charge in [0.15, 0.2) is 0 Å². The minimum Gasteiger partial charge on any atom is -0.497 e. The average Bonchev–Trinajstić information content (AvgIpc) is 2.36. The second-order valence-corrected chi connectivity index (χ2v) is 4.09. The molecule has 0 saturated heterocycles. The molecule has 2 atom stereocenters. The zero-order valence-electron chi connectivity index (χ0n) is 11.0. The Kier molecular flexibility index (Phi) is 4.37. The Morgan fingerprint density at radius 3 is 2.29 bits per heavy atom. The summed E-state index contributed by atoms with van der Waals surface area (Å²) in [6.45, 7) is 3.51. The molecule has 17 heavy (non-hydrogen) atoms. The monoisotopic (exact) mass is 240 g/mol. The molecule has 2 unspecified atom stereocenters. The largest absolute Gasteiger partial charge is 0.497 e. The van der Waals surface area contributed by atoms with Crippen LogP contribution in [0.2, 0.25) is 0 Å². The Morgan fingerprint density at radius 1 is 1.18 bits per heavy atom. The predicted molar refractivity (Wildman–Crippen MR) is 65.6 cm³/mol. The number of benzene rings is 1. The van der Waals surface area contributed by atoms with Crippen LogP contribution in [-0.2, 0) is 10.3 Å². The van der Waals surface area contributed by atoms with Crippen LogP contribution >= 0.6 is 0 Å². The van der Waals surface area contributed by atoms with Crippen molar-refractivity contribution >= 4 is 0 Å². The van der Waals surface area contributed by atoms with Crippen LogP contribution in [0, 0.1) is 0 Å². The first-order valence-corrected chi connectivity index (χ1v) is 5.45. The lowest BCUT2D eigenvalue weighted by Crippen LogP contribution is -2.36. The van der Waals surface area contributed by atoms with E-state index >= 15 is 0 Å². The number of hydrogen-bond donors (Lipinski definition) is 1. The van der Waals surface area contributed by atoms with Crippen LogP contribution in [0.25, 0.3) is 0 Å². The smallest absolute Gasteiger partial charge is 0.128 e. The Hall–Kier alpha value is -1.26. The first-order chi connectivity index (χ1) is 7.97. The number of aliphatic hydroxyl groups is 1. The van der Waals surface area contributed by atoms with E-state index in [1.807, 2.05) is 6.92 Å². The summed E-state index contributed by atoms with van der Waals surface area (Å²) in [5.74, 6) is 1.27. The lowest BCUT2D eigenvalue weighted by Gasteiger charge is -2.31. The molecule has 1 aromatic rings. The third-order valence-corrected chi connectivity index (χ3v) is 3.10. The summed E-state index contributed by atoms with van der Waals surface area (Å²) in [5.41, 5.74) is -0.443. The average molecular weight is 240 g/mol. The van der Waals surface area contributed by atoms with E-state index in [1.165, 1.54) is 0 Å². The minimum atomic E-state index is -1.12. The predicted octanol–water partition coefficient (Wildman–Crippen LogP) is 1.95.